The summed E-state index contributed by atoms with van der Waals surface area (Å²) in [7, 11) is 0. The van der Waals surface area contributed by atoms with Crippen LogP contribution in [0.2, 0.25) is 0 Å². The van der Waals surface area contributed by atoms with E-state index < -0.39 is 29.8 Å². The minimum atomic E-state index is -5.04. The van der Waals surface area contributed by atoms with Gasteiger partial charge in [-0.15, -0.1) is 0 Å². The molecule has 2 nitrogen and oxygen atoms in total. The number of alkyl halides is 3. The first-order valence-corrected chi connectivity index (χ1v) is 4.54. The second-order valence-electron chi connectivity index (χ2n) is 3.36. The van der Waals surface area contributed by atoms with Gasteiger partial charge in [-0.05, 0) is 13.0 Å². The Hall–Kier alpha value is -1.66. The van der Waals surface area contributed by atoms with Gasteiger partial charge in [0.1, 0.15) is 11.6 Å². The zero-order valence-corrected chi connectivity index (χ0v) is 8.61. The average Bonchev–Trinajstić information content (AvgIpc) is 2.15. The molecule has 1 aromatic rings. The molecule has 1 aromatic carbocycles. The highest BCUT2D eigenvalue weighted by Crippen LogP contribution is 2.20. The molecule has 0 radical (unpaired) electrons. The lowest BCUT2D eigenvalue weighted by molar-refractivity contribution is -0.174. The molecule has 0 spiro atoms. The Morgan fingerprint density at radius 2 is 1.88 bits per heavy atom. The standard InChI is InChI=1S/C10H8F5NO/c1-5(16-9(17)10(13,14)15)7-3-2-6(11)4-8(7)12/h2-5H,1H3,(H,16,17). The quantitative estimate of drug-likeness (QED) is 0.807. The molecule has 0 aliphatic carbocycles. The lowest BCUT2D eigenvalue weighted by atomic mass is 10.1. The second kappa shape index (κ2) is 4.68. The van der Waals surface area contributed by atoms with Crippen LogP contribution in [0.25, 0.3) is 0 Å². The molecule has 0 aliphatic heterocycles. The third kappa shape index (κ3) is 3.40. The Morgan fingerprint density at radius 1 is 1.29 bits per heavy atom. The number of rotatable bonds is 2. The monoisotopic (exact) mass is 253 g/mol. The van der Waals surface area contributed by atoms with Crippen LogP contribution in [0.4, 0.5) is 22.0 Å². The predicted molar refractivity (Wildman–Crippen MR) is 49.0 cm³/mol. The first-order valence-electron chi connectivity index (χ1n) is 4.54. The van der Waals surface area contributed by atoms with Crippen molar-refractivity contribution in [3.05, 3.63) is 35.4 Å². The van der Waals surface area contributed by atoms with Crippen molar-refractivity contribution in [3.8, 4) is 0 Å². The summed E-state index contributed by atoms with van der Waals surface area (Å²) in [5.41, 5.74) is -0.219. The zero-order chi connectivity index (χ0) is 13.2. The van der Waals surface area contributed by atoms with Gasteiger partial charge in [0.2, 0.25) is 0 Å². The number of hydrogen-bond donors (Lipinski definition) is 1. The summed E-state index contributed by atoms with van der Waals surface area (Å²) in [5.74, 6) is -4.03. The average molecular weight is 253 g/mol. The fourth-order valence-electron chi connectivity index (χ4n) is 1.21. The van der Waals surface area contributed by atoms with E-state index in [0.29, 0.717) is 6.07 Å². The van der Waals surface area contributed by atoms with Crippen LogP contribution in [-0.2, 0) is 4.79 Å². The van der Waals surface area contributed by atoms with Crippen LogP contribution in [0.5, 0.6) is 0 Å². The number of carbonyl (C=O) groups is 1. The molecule has 0 heterocycles. The van der Waals surface area contributed by atoms with Crippen LogP contribution < -0.4 is 5.32 Å². The summed E-state index contributed by atoms with van der Waals surface area (Å²) >= 11 is 0. The molecule has 1 N–H and O–H groups in total. The molecule has 1 amide bonds. The van der Waals surface area contributed by atoms with Gasteiger partial charge in [-0.3, -0.25) is 4.79 Å². The van der Waals surface area contributed by atoms with Crippen LogP contribution in [0.3, 0.4) is 0 Å². The van der Waals surface area contributed by atoms with Gasteiger partial charge < -0.3 is 5.32 Å². The van der Waals surface area contributed by atoms with E-state index >= 15 is 0 Å². The van der Waals surface area contributed by atoms with Gasteiger partial charge in [0.25, 0.3) is 0 Å². The van der Waals surface area contributed by atoms with Crippen LogP contribution in [0, 0.1) is 11.6 Å². The normalized spacial score (nSPS) is 13.3. The molecule has 0 aliphatic rings. The second-order valence-corrected chi connectivity index (χ2v) is 3.36. The smallest absolute Gasteiger partial charge is 0.342 e. The topological polar surface area (TPSA) is 29.1 Å². The molecule has 0 fully saturated rings. The highest BCUT2D eigenvalue weighted by atomic mass is 19.4. The number of amides is 1. The Labute approximate surface area is 93.4 Å². The van der Waals surface area contributed by atoms with E-state index in [0.717, 1.165) is 12.1 Å². The summed E-state index contributed by atoms with van der Waals surface area (Å²) in [5, 5.41) is 1.57. The Kier molecular flexibility index (Phi) is 3.69. The van der Waals surface area contributed by atoms with E-state index in [2.05, 4.69) is 0 Å². The van der Waals surface area contributed by atoms with Crippen LogP contribution in [-0.4, -0.2) is 12.1 Å². The van der Waals surface area contributed by atoms with E-state index in [4.69, 9.17) is 0 Å². The molecule has 0 aromatic heterocycles. The molecular weight excluding hydrogens is 245 g/mol. The number of hydrogen-bond acceptors (Lipinski definition) is 1. The van der Waals surface area contributed by atoms with Gasteiger partial charge in [-0.2, -0.15) is 13.2 Å². The Balaban J connectivity index is 2.84. The van der Waals surface area contributed by atoms with E-state index in [1.54, 1.807) is 5.32 Å². The maximum absolute atomic E-state index is 13.2. The van der Waals surface area contributed by atoms with Crippen LogP contribution in [0.15, 0.2) is 18.2 Å². The van der Waals surface area contributed by atoms with E-state index in [-0.39, 0.29) is 5.56 Å². The maximum Gasteiger partial charge on any atom is 0.471 e. The highest BCUT2D eigenvalue weighted by Gasteiger charge is 2.39. The van der Waals surface area contributed by atoms with Crippen LogP contribution >= 0.6 is 0 Å². The summed E-state index contributed by atoms with van der Waals surface area (Å²) in [6.45, 7) is 1.17. The molecule has 17 heavy (non-hydrogen) atoms. The van der Waals surface area contributed by atoms with Gasteiger partial charge in [-0.25, -0.2) is 8.78 Å². The molecule has 0 saturated heterocycles. The predicted octanol–water partition coefficient (Wildman–Crippen LogP) is 2.70. The summed E-state index contributed by atoms with van der Waals surface area (Å²) in [4.78, 5) is 10.6. The van der Waals surface area contributed by atoms with Gasteiger partial charge in [0.05, 0.1) is 6.04 Å². The molecule has 1 rings (SSSR count). The molecular formula is C10H8F5NO. The zero-order valence-electron chi connectivity index (χ0n) is 8.61. The number of carbonyl (C=O) groups excluding carboxylic acids is 1. The fraction of sp³-hybridized carbons (Fsp3) is 0.300. The van der Waals surface area contributed by atoms with Crippen molar-refractivity contribution in [2.75, 3.05) is 0 Å². The molecule has 7 heteroatoms. The lowest BCUT2D eigenvalue weighted by Gasteiger charge is -2.16. The number of benzene rings is 1. The molecule has 1 unspecified atom stereocenters. The van der Waals surface area contributed by atoms with E-state index in [1.807, 2.05) is 0 Å². The van der Waals surface area contributed by atoms with Crippen molar-refractivity contribution >= 4 is 5.91 Å². The SMILES string of the molecule is CC(NC(=O)C(F)(F)F)c1ccc(F)cc1F. The first-order chi connectivity index (χ1) is 7.71. The lowest BCUT2D eigenvalue weighted by Crippen LogP contribution is -2.38. The highest BCUT2D eigenvalue weighted by molar-refractivity contribution is 5.82. The summed E-state index contributed by atoms with van der Waals surface area (Å²) in [6, 6.07) is 1.20. The van der Waals surface area contributed by atoms with Crippen molar-refractivity contribution in [3.63, 3.8) is 0 Å². The summed E-state index contributed by atoms with van der Waals surface area (Å²) in [6.07, 6.45) is -5.04. The van der Waals surface area contributed by atoms with Crippen molar-refractivity contribution in [1.82, 2.24) is 5.32 Å². The fourth-order valence-corrected chi connectivity index (χ4v) is 1.21. The van der Waals surface area contributed by atoms with Crippen molar-refractivity contribution in [2.24, 2.45) is 0 Å². The Morgan fingerprint density at radius 3 is 2.35 bits per heavy atom. The van der Waals surface area contributed by atoms with Gasteiger partial charge in [-0.1, -0.05) is 6.07 Å². The Bertz CT molecular complexity index is 429. The minimum absolute atomic E-state index is 0.219. The minimum Gasteiger partial charge on any atom is -0.342 e. The molecule has 94 valence electrons. The number of halogens is 5. The van der Waals surface area contributed by atoms with Crippen molar-refractivity contribution in [2.45, 2.75) is 19.1 Å². The van der Waals surface area contributed by atoms with Crippen molar-refractivity contribution in [1.29, 1.82) is 0 Å². The van der Waals surface area contributed by atoms with Gasteiger partial charge in [0, 0.05) is 11.6 Å². The first kappa shape index (κ1) is 13.4. The number of nitrogens with one attached hydrogen (secondary N) is 1. The van der Waals surface area contributed by atoms with E-state index in [9.17, 15) is 26.7 Å². The third-order valence-electron chi connectivity index (χ3n) is 2.03. The van der Waals surface area contributed by atoms with Crippen LogP contribution in [0.1, 0.15) is 18.5 Å². The molecule has 0 saturated carbocycles. The molecule has 0 bridgehead atoms. The largest absolute Gasteiger partial charge is 0.471 e. The van der Waals surface area contributed by atoms with Gasteiger partial charge >= 0.3 is 12.1 Å². The van der Waals surface area contributed by atoms with Crippen molar-refractivity contribution < 1.29 is 26.7 Å². The third-order valence-corrected chi connectivity index (χ3v) is 2.03. The summed E-state index contributed by atoms with van der Waals surface area (Å²) < 4.78 is 61.5. The molecule has 1 atom stereocenters. The van der Waals surface area contributed by atoms with Gasteiger partial charge in [0.15, 0.2) is 0 Å². The maximum atomic E-state index is 13.2. The van der Waals surface area contributed by atoms with E-state index in [1.165, 1.54) is 6.92 Å².